The minimum Gasteiger partial charge on any atom is -0.210 e. The van der Waals surface area contributed by atoms with Crippen molar-refractivity contribution in [1.29, 1.82) is 5.26 Å². The Morgan fingerprint density at radius 3 is 2.64 bits per heavy atom. The van der Waals surface area contributed by atoms with Crippen molar-refractivity contribution in [2.45, 2.75) is 13.8 Å². The van der Waals surface area contributed by atoms with Crippen LogP contribution < -0.4 is 0 Å². The molecule has 0 heterocycles. The van der Waals surface area contributed by atoms with E-state index in [0.717, 1.165) is 0 Å². The van der Waals surface area contributed by atoms with Crippen molar-refractivity contribution in [2.75, 3.05) is 0 Å². The van der Waals surface area contributed by atoms with E-state index in [4.69, 9.17) is 5.26 Å². The highest BCUT2D eigenvalue weighted by molar-refractivity contribution is 5.26. The van der Waals surface area contributed by atoms with Crippen molar-refractivity contribution in [3.8, 4) is 6.07 Å². The maximum atomic E-state index is 12.9. The van der Waals surface area contributed by atoms with Gasteiger partial charge in [-0.25, -0.2) is 4.39 Å². The topological polar surface area (TPSA) is 23.8 Å². The highest BCUT2D eigenvalue weighted by atomic mass is 19.1. The standard InChI is InChI=1S/C9H10FN/c1-9(2)5-3-4-8(10)7(9)6-11/h3-5,7H,1-2H3. The lowest BCUT2D eigenvalue weighted by Crippen LogP contribution is -2.22. The monoisotopic (exact) mass is 151 g/mol. The molecule has 1 nitrogen and oxygen atoms in total. The summed E-state index contributed by atoms with van der Waals surface area (Å²) in [7, 11) is 0. The Labute approximate surface area is 65.8 Å². The van der Waals surface area contributed by atoms with E-state index in [1.165, 1.54) is 6.08 Å². The van der Waals surface area contributed by atoms with Gasteiger partial charge in [-0.15, -0.1) is 0 Å². The first-order valence-corrected chi connectivity index (χ1v) is 3.52. The van der Waals surface area contributed by atoms with Crippen molar-refractivity contribution < 1.29 is 4.39 Å². The highest BCUT2D eigenvalue weighted by Gasteiger charge is 2.32. The van der Waals surface area contributed by atoms with E-state index in [1.54, 1.807) is 6.08 Å². The Balaban J connectivity index is 3.00. The molecule has 0 spiro atoms. The van der Waals surface area contributed by atoms with Gasteiger partial charge in [-0.1, -0.05) is 26.0 Å². The number of hydrogen-bond acceptors (Lipinski definition) is 1. The molecule has 1 aliphatic carbocycles. The van der Waals surface area contributed by atoms with Crippen LogP contribution in [0.25, 0.3) is 0 Å². The van der Waals surface area contributed by atoms with E-state index in [1.807, 2.05) is 26.0 Å². The second-order valence-corrected chi connectivity index (χ2v) is 3.29. The van der Waals surface area contributed by atoms with Crippen LogP contribution in [0.1, 0.15) is 13.8 Å². The highest BCUT2D eigenvalue weighted by Crippen LogP contribution is 2.36. The van der Waals surface area contributed by atoms with Crippen LogP contribution in [0.2, 0.25) is 0 Å². The van der Waals surface area contributed by atoms with E-state index >= 15 is 0 Å². The fourth-order valence-corrected chi connectivity index (χ4v) is 1.16. The van der Waals surface area contributed by atoms with Gasteiger partial charge in [-0.2, -0.15) is 5.26 Å². The summed E-state index contributed by atoms with van der Waals surface area (Å²) in [5.74, 6) is -0.951. The summed E-state index contributed by atoms with van der Waals surface area (Å²) in [5, 5.41) is 8.63. The van der Waals surface area contributed by atoms with Crippen molar-refractivity contribution in [3.63, 3.8) is 0 Å². The Kier molecular flexibility index (Phi) is 1.82. The van der Waals surface area contributed by atoms with Crippen LogP contribution >= 0.6 is 0 Å². The summed E-state index contributed by atoms with van der Waals surface area (Å²) in [6, 6.07) is 1.95. The average Bonchev–Trinajstić information content (AvgIpc) is 1.86. The zero-order valence-electron chi connectivity index (χ0n) is 6.63. The number of halogens is 1. The van der Waals surface area contributed by atoms with Crippen LogP contribution in [0.5, 0.6) is 0 Å². The molecule has 0 aromatic heterocycles. The maximum absolute atomic E-state index is 12.9. The average molecular weight is 151 g/mol. The molecule has 0 saturated carbocycles. The van der Waals surface area contributed by atoms with Crippen LogP contribution in [0, 0.1) is 22.7 Å². The zero-order chi connectivity index (χ0) is 8.48. The fourth-order valence-electron chi connectivity index (χ4n) is 1.16. The molecule has 0 amide bonds. The molecule has 2 heteroatoms. The third-order valence-electron chi connectivity index (χ3n) is 1.93. The molecular formula is C9H10FN. The van der Waals surface area contributed by atoms with Gasteiger partial charge in [0, 0.05) is 5.41 Å². The zero-order valence-corrected chi connectivity index (χ0v) is 6.63. The van der Waals surface area contributed by atoms with E-state index in [-0.39, 0.29) is 11.2 Å². The summed E-state index contributed by atoms with van der Waals surface area (Å²) in [4.78, 5) is 0. The van der Waals surface area contributed by atoms with E-state index in [9.17, 15) is 4.39 Å². The maximum Gasteiger partial charge on any atom is 0.118 e. The molecule has 0 fully saturated rings. The molecular weight excluding hydrogens is 141 g/mol. The van der Waals surface area contributed by atoms with Crippen LogP contribution in [0.3, 0.4) is 0 Å². The third kappa shape index (κ3) is 1.32. The molecule has 1 unspecified atom stereocenters. The second-order valence-electron chi connectivity index (χ2n) is 3.29. The molecule has 0 N–H and O–H groups in total. The predicted molar refractivity (Wildman–Crippen MR) is 41.2 cm³/mol. The first-order valence-electron chi connectivity index (χ1n) is 3.52. The summed E-state index contributed by atoms with van der Waals surface area (Å²) in [6.45, 7) is 3.70. The quantitative estimate of drug-likeness (QED) is 0.522. The minimum absolute atomic E-state index is 0.333. The molecule has 0 aromatic carbocycles. The minimum atomic E-state index is -0.618. The molecule has 11 heavy (non-hydrogen) atoms. The number of hydrogen-bond donors (Lipinski definition) is 0. The van der Waals surface area contributed by atoms with Gasteiger partial charge in [0.1, 0.15) is 11.7 Å². The Morgan fingerprint density at radius 1 is 1.64 bits per heavy atom. The molecule has 0 bridgehead atoms. The summed E-state index contributed by atoms with van der Waals surface area (Å²) >= 11 is 0. The van der Waals surface area contributed by atoms with Crippen LogP contribution in [-0.2, 0) is 0 Å². The van der Waals surface area contributed by atoms with E-state index < -0.39 is 5.92 Å². The Morgan fingerprint density at radius 2 is 2.27 bits per heavy atom. The number of nitrogens with zero attached hydrogens (tertiary/aromatic N) is 1. The molecule has 0 aliphatic heterocycles. The third-order valence-corrected chi connectivity index (χ3v) is 1.93. The lowest BCUT2D eigenvalue weighted by Gasteiger charge is -2.26. The SMILES string of the molecule is CC1(C)C=CC=C(F)C1C#N. The predicted octanol–water partition coefficient (Wildman–Crippen LogP) is 2.58. The lowest BCUT2D eigenvalue weighted by atomic mass is 9.76. The van der Waals surface area contributed by atoms with Crippen molar-refractivity contribution in [3.05, 3.63) is 24.1 Å². The molecule has 0 aromatic rings. The van der Waals surface area contributed by atoms with Gasteiger partial charge >= 0.3 is 0 Å². The molecule has 0 radical (unpaired) electrons. The molecule has 1 rings (SSSR count). The molecule has 1 atom stereocenters. The summed E-state index contributed by atoms with van der Waals surface area (Å²) in [6.07, 6.45) is 4.85. The van der Waals surface area contributed by atoms with Crippen molar-refractivity contribution >= 4 is 0 Å². The first-order chi connectivity index (χ1) is 5.08. The fraction of sp³-hybridized carbons (Fsp3) is 0.444. The van der Waals surface area contributed by atoms with Gasteiger partial charge < -0.3 is 0 Å². The van der Waals surface area contributed by atoms with Gasteiger partial charge in [0.25, 0.3) is 0 Å². The summed E-state index contributed by atoms with van der Waals surface area (Å²) in [5.41, 5.74) is -0.367. The molecule has 58 valence electrons. The van der Waals surface area contributed by atoms with Gasteiger partial charge in [-0.3, -0.25) is 0 Å². The molecule has 1 aliphatic rings. The van der Waals surface area contributed by atoms with Crippen LogP contribution in [0.15, 0.2) is 24.1 Å². The second kappa shape index (κ2) is 2.50. The Bertz CT molecular complexity index is 255. The van der Waals surface area contributed by atoms with Gasteiger partial charge in [0.2, 0.25) is 0 Å². The molecule has 0 saturated heterocycles. The Hall–Kier alpha value is -1.10. The van der Waals surface area contributed by atoms with Gasteiger partial charge in [0.05, 0.1) is 6.07 Å². The number of allylic oxidation sites excluding steroid dienone is 4. The normalized spacial score (nSPS) is 27.5. The van der Waals surface area contributed by atoms with Gasteiger partial charge in [0.15, 0.2) is 0 Å². The smallest absolute Gasteiger partial charge is 0.118 e. The largest absolute Gasteiger partial charge is 0.210 e. The van der Waals surface area contributed by atoms with E-state index in [2.05, 4.69) is 0 Å². The lowest BCUT2D eigenvalue weighted by molar-refractivity contribution is 0.336. The summed E-state index contributed by atoms with van der Waals surface area (Å²) < 4.78 is 12.9. The van der Waals surface area contributed by atoms with Gasteiger partial charge in [-0.05, 0) is 6.08 Å². The number of nitriles is 1. The number of rotatable bonds is 0. The van der Waals surface area contributed by atoms with E-state index in [0.29, 0.717) is 0 Å². The van der Waals surface area contributed by atoms with Crippen molar-refractivity contribution in [2.24, 2.45) is 11.3 Å². The van der Waals surface area contributed by atoms with Crippen LogP contribution in [-0.4, -0.2) is 0 Å². The van der Waals surface area contributed by atoms with Crippen molar-refractivity contribution in [1.82, 2.24) is 0 Å². The first kappa shape index (κ1) is 8.00. The van der Waals surface area contributed by atoms with Crippen LogP contribution in [0.4, 0.5) is 4.39 Å².